The number of anilines is 1. The normalized spacial score (nSPS) is 14.6. The quantitative estimate of drug-likeness (QED) is 0.406. The number of halogens is 3. The zero-order valence-electron chi connectivity index (χ0n) is 18.3. The van der Waals surface area contributed by atoms with Gasteiger partial charge in [-0.15, -0.1) is 0 Å². The molecule has 3 aromatic carbocycles. The Labute approximate surface area is 202 Å². The lowest BCUT2D eigenvalue weighted by atomic mass is 10.00. The van der Waals surface area contributed by atoms with E-state index >= 15 is 0 Å². The number of nitrogens with one attached hydrogen (secondary N) is 1. The molecule has 36 heavy (non-hydrogen) atoms. The molecule has 8 nitrogen and oxygen atoms in total. The summed E-state index contributed by atoms with van der Waals surface area (Å²) in [4.78, 5) is 23.4. The van der Waals surface area contributed by atoms with Gasteiger partial charge < -0.3 is 24.6 Å². The molecule has 0 bridgehead atoms. The predicted octanol–water partition coefficient (Wildman–Crippen LogP) is 6.14. The summed E-state index contributed by atoms with van der Waals surface area (Å²) in [5, 5.41) is 21.0. The third kappa shape index (κ3) is 5.50. The Morgan fingerprint density at radius 1 is 1.08 bits per heavy atom. The predicted molar refractivity (Wildman–Crippen MR) is 119 cm³/mol. The maximum atomic E-state index is 12.7. The molecule has 184 valence electrons. The SMILES string of the molecule is N#Cc1cc2c(cc1Oc1ccc(C(=O)Nc3ccc(C(F)(F)F)cc3)cc1)OCCC2OC(=O)O. The van der Waals surface area contributed by atoms with E-state index in [0.29, 0.717) is 23.5 Å². The van der Waals surface area contributed by atoms with Crippen LogP contribution >= 0.6 is 0 Å². The van der Waals surface area contributed by atoms with Crippen LogP contribution < -0.4 is 14.8 Å². The van der Waals surface area contributed by atoms with Gasteiger partial charge in [0.25, 0.3) is 5.91 Å². The lowest BCUT2D eigenvalue weighted by Gasteiger charge is -2.25. The summed E-state index contributed by atoms with van der Waals surface area (Å²) in [6.45, 7) is 0.221. The van der Waals surface area contributed by atoms with Gasteiger partial charge in [-0.05, 0) is 54.6 Å². The zero-order valence-corrected chi connectivity index (χ0v) is 18.3. The average molecular weight is 498 g/mol. The van der Waals surface area contributed by atoms with Crippen molar-refractivity contribution in [2.45, 2.75) is 18.7 Å². The summed E-state index contributed by atoms with van der Waals surface area (Å²) in [6, 6.07) is 14.8. The topological polar surface area (TPSA) is 118 Å². The number of carbonyl (C=O) groups excluding carboxylic acids is 1. The van der Waals surface area contributed by atoms with Crippen LogP contribution in [-0.2, 0) is 10.9 Å². The number of alkyl halides is 3. The molecule has 0 radical (unpaired) electrons. The summed E-state index contributed by atoms with van der Waals surface area (Å²) in [6.07, 6.45) is -6.37. The molecule has 1 unspecified atom stereocenters. The van der Waals surface area contributed by atoms with Crippen LogP contribution in [0.25, 0.3) is 0 Å². The number of ether oxygens (including phenoxy) is 3. The fraction of sp³-hybridized carbons (Fsp3) is 0.160. The molecule has 1 heterocycles. The van der Waals surface area contributed by atoms with E-state index in [1.54, 1.807) is 0 Å². The Hall–Kier alpha value is -4.72. The maximum Gasteiger partial charge on any atom is 0.506 e. The van der Waals surface area contributed by atoms with Gasteiger partial charge in [-0.25, -0.2) is 4.79 Å². The van der Waals surface area contributed by atoms with E-state index in [1.807, 2.05) is 6.07 Å². The molecule has 0 aliphatic carbocycles. The number of hydrogen-bond donors (Lipinski definition) is 2. The van der Waals surface area contributed by atoms with Crippen molar-refractivity contribution in [1.82, 2.24) is 0 Å². The molecule has 4 rings (SSSR count). The molecule has 0 saturated carbocycles. The van der Waals surface area contributed by atoms with Crippen molar-refractivity contribution in [1.29, 1.82) is 5.26 Å². The Bertz CT molecular complexity index is 1330. The Balaban J connectivity index is 1.47. The van der Waals surface area contributed by atoms with Crippen LogP contribution in [0.15, 0.2) is 60.7 Å². The smallest absolute Gasteiger partial charge is 0.493 e. The highest BCUT2D eigenvalue weighted by molar-refractivity contribution is 6.04. The molecular weight excluding hydrogens is 481 g/mol. The van der Waals surface area contributed by atoms with E-state index in [9.17, 15) is 28.0 Å². The van der Waals surface area contributed by atoms with Crippen molar-refractivity contribution in [3.63, 3.8) is 0 Å². The van der Waals surface area contributed by atoms with Crippen molar-refractivity contribution in [3.05, 3.63) is 82.9 Å². The van der Waals surface area contributed by atoms with Crippen LogP contribution in [0.3, 0.4) is 0 Å². The van der Waals surface area contributed by atoms with Gasteiger partial charge in [0.05, 0.1) is 17.7 Å². The van der Waals surface area contributed by atoms with Crippen molar-refractivity contribution in [2.24, 2.45) is 0 Å². The molecule has 1 amide bonds. The van der Waals surface area contributed by atoms with Crippen molar-refractivity contribution in [2.75, 3.05) is 11.9 Å². The van der Waals surface area contributed by atoms with E-state index in [2.05, 4.69) is 5.32 Å². The van der Waals surface area contributed by atoms with Crippen molar-refractivity contribution in [3.8, 4) is 23.3 Å². The van der Waals surface area contributed by atoms with E-state index < -0.39 is 29.9 Å². The van der Waals surface area contributed by atoms with Crippen molar-refractivity contribution >= 4 is 17.7 Å². The molecule has 1 aliphatic rings. The maximum absolute atomic E-state index is 12.7. The third-order valence-electron chi connectivity index (χ3n) is 5.27. The monoisotopic (exact) mass is 498 g/mol. The second-order valence-corrected chi connectivity index (χ2v) is 7.66. The highest BCUT2D eigenvalue weighted by Gasteiger charge is 2.30. The van der Waals surface area contributed by atoms with Crippen LogP contribution in [0.2, 0.25) is 0 Å². The minimum absolute atomic E-state index is 0.127. The molecule has 0 aromatic heterocycles. The number of rotatable bonds is 5. The van der Waals surface area contributed by atoms with Gasteiger partial charge in [-0.1, -0.05) is 0 Å². The van der Waals surface area contributed by atoms with Gasteiger partial charge in [0.15, 0.2) is 0 Å². The first kappa shape index (κ1) is 24.4. The van der Waals surface area contributed by atoms with Gasteiger partial charge in [0, 0.05) is 29.3 Å². The van der Waals surface area contributed by atoms with E-state index in [1.165, 1.54) is 36.4 Å². The standard InChI is InChI=1S/C25H17F3N2O6/c26-25(27,28)16-3-5-17(6-4-16)30-23(31)14-1-7-18(8-2-14)35-21-12-22-19(11-15(21)13-29)20(9-10-34-22)36-24(32)33/h1-8,11-12,20H,9-10H2,(H,30,31)(H,32,33). The van der Waals surface area contributed by atoms with Crippen LogP contribution in [0.1, 0.15) is 39.6 Å². The third-order valence-corrected chi connectivity index (χ3v) is 5.27. The first-order valence-electron chi connectivity index (χ1n) is 10.5. The number of nitriles is 1. The number of carboxylic acid groups (broad SMARTS) is 1. The van der Waals surface area contributed by atoms with Crippen LogP contribution in [0, 0.1) is 11.3 Å². The number of benzene rings is 3. The largest absolute Gasteiger partial charge is 0.506 e. The first-order valence-corrected chi connectivity index (χ1v) is 10.5. The fourth-order valence-corrected chi connectivity index (χ4v) is 3.55. The molecule has 3 aromatic rings. The van der Waals surface area contributed by atoms with Gasteiger partial charge in [-0.3, -0.25) is 4.79 Å². The number of amides is 1. The minimum atomic E-state index is -4.47. The van der Waals surface area contributed by atoms with E-state index in [0.717, 1.165) is 24.3 Å². The van der Waals surface area contributed by atoms with Gasteiger partial charge in [0.1, 0.15) is 29.4 Å². The summed E-state index contributed by atoms with van der Waals surface area (Å²) in [7, 11) is 0. The number of carbonyl (C=O) groups is 2. The van der Waals surface area contributed by atoms with Crippen LogP contribution in [0.5, 0.6) is 17.2 Å². The number of fused-ring (bicyclic) bond motifs is 1. The summed E-state index contributed by atoms with van der Waals surface area (Å²) in [5.41, 5.74) is 0.151. The Morgan fingerprint density at radius 2 is 1.78 bits per heavy atom. The van der Waals surface area contributed by atoms with Gasteiger partial charge in [-0.2, -0.15) is 18.4 Å². The molecule has 11 heteroatoms. The van der Waals surface area contributed by atoms with Crippen LogP contribution in [-0.4, -0.2) is 23.8 Å². The fourth-order valence-electron chi connectivity index (χ4n) is 3.55. The molecule has 0 fully saturated rings. The Morgan fingerprint density at radius 3 is 2.39 bits per heavy atom. The Kier molecular flexibility index (Phi) is 6.69. The minimum Gasteiger partial charge on any atom is -0.493 e. The second kappa shape index (κ2) is 9.87. The molecular formula is C25H17F3N2O6. The van der Waals surface area contributed by atoms with E-state index in [4.69, 9.17) is 19.3 Å². The van der Waals surface area contributed by atoms with Gasteiger partial charge >= 0.3 is 12.3 Å². The molecule has 0 saturated heterocycles. The lowest BCUT2D eigenvalue weighted by Crippen LogP contribution is -2.19. The molecule has 1 atom stereocenters. The average Bonchev–Trinajstić information content (AvgIpc) is 2.83. The number of hydrogen-bond acceptors (Lipinski definition) is 6. The first-order chi connectivity index (χ1) is 17.1. The summed E-state index contributed by atoms with van der Waals surface area (Å²) >= 11 is 0. The molecule has 2 N–H and O–H groups in total. The number of nitrogens with zero attached hydrogens (tertiary/aromatic N) is 1. The summed E-state index contributed by atoms with van der Waals surface area (Å²) in [5.74, 6) is 0.251. The zero-order chi connectivity index (χ0) is 25.9. The lowest BCUT2D eigenvalue weighted by molar-refractivity contribution is -0.137. The molecule has 1 aliphatic heterocycles. The van der Waals surface area contributed by atoms with Crippen LogP contribution in [0.4, 0.5) is 23.7 Å². The molecule has 0 spiro atoms. The van der Waals surface area contributed by atoms with Gasteiger partial charge in [0.2, 0.25) is 0 Å². The highest BCUT2D eigenvalue weighted by Crippen LogP contribution is 2.40. The highest BCUT2D eigenvalue weighted by atomic mass is 19.4. The summed E-state index contributed by atoms with van der Waals surface area (Å²) < 4.78 is 54.3. The van der Waals surface area contributed by atoms with E-state index in [-0.39, 0.29) is 29.2 Å². The second-order valence-electron chi connectivity index (χ2n) is 7.66. The van der Waals surface area contributed by atoms with Crippen molar-refractivity contribution < 1.29 is 42.1 Å².